The van der Waals surface area contributed by atoms with Gasteiger partial charge in [0.1, 0.15) is 6.17 Å². The van der Waals surface area contributed by atoms with Crippen LogP contribution in [0.1, 0.15) is 0 Å². The minimum atomic E-state index is -4.73. The zero-order valence-electron chi connectivity index (χ0n) is 6.73. The van der Waals surface area contributed by atoms with Crippen molar-refractivity contribution < 1.29 is 22.4 Å². The van der Waals surface area contributed by atoms with Gasteiger partial charge in [-0.05, 0) is 0 Å². The Morgan fingerprint density at radius 1 is 1.64 bits per heavy atom. The van der Waals surface area contributed by atoms with Crippen LogP contribution in [0, 0.1) is 0 Å². The molecule has 0 fully saturated rings. The van der Waals surface area contributed by atoms with E-state index in [1.807, 2.05) is 0 Å². The van der Waals surface area contributed by atoms with Gasteiger partial charge in [0, 0.05) is 6.08 Å². The number of rotatable bonds is 2. The third kappa shape index (κ3) is 2.56. The minimum absolute atomic E-state index is 0.426. The van der Waals surface area contributed by atoms with Crippen molar-refractivity contribution in [2.24, 2.45) is 16.5 Å². The number of guanidine groups is 1. The maximum Gasteiger partial charge on any atom is 0.418 e. The minimum Gasteiger partial charge on any atom is -0.493 e. The number of hydroxylamine groups is 2. The van der Waals surface area contributed by atoms with Crippen LogP contribution in [0.4, 0.5) is 0 Å². The predicted octanol–water partition coefficient (Wildman–Crippen LogP) is -1.96. The van der Waals surface area contributed by atoms with Crippen LogP contribution in [0.5, 0.6) is 0 Å². The molecule has 80 valence electrons. The third-order valence-corrected chi connectivity index (χ3v) is 1.57. The molecule has 0 bridgehead atoms. The fraction of sp³-hybridized carbons (Fsp3) is 0.250. The Hall–Kier alpha value is -1.36. The van der Waals surface area contributed by atoms with Crippen LogP contribution in [0.3, 0.4) is 0 Å². The van der Waals surface area contributed by atoms with Gasteiger partial charge in [-0.3, -0.25) is 4.55 Å². The summed E-state index contributed by atoms with van der Waals surface area (Å²) in [5.41, 5.74) is 10.5. The third-order valence-electron chi connectivity index (χ3n) is 1.22. The van der Waals surface area contributed by atoms with Crippen LogP contribution in [0.25, 0.3) is 0 Å². The summed E-state index contributed by atoms with van der Waals surface area (Å²) in [4.78, 5) is 3.26. The molecule has 0 aliphatic carbocycles. The average Bonchev–Trinajstić information content (AvgIpc) is 1.95. The molecule has 0 radical (unpaired) electrons. The van der Waals surface area contributed by atoms with E-state index >= 15 is 0 Å². The zero-order valence-corrected chi connectivity index (χ0v) is 7.55. The van der Waals surface area contributed by atoms with Gasteiger partial charge in [-0.2, -0.15) is 18.5 Å². The van der Waals surface area contributed by atoms with Gasteiger partial charge in [0.25, 0.3) is 0 Å². The van der Waals surface area contributed by atoms with Crippen molar-refractivity contribution >= 4 is 16.4 Å². The molecule has 0 amide bonds. The fourth-order valence-electron chi connectivity index (χ4n) is 0.766. The summed E-state index contributed by atoms with van der Waals surface area (Å²) in [6.45, 7) is 0. The lowest BCUT2D eigenvalue weighted by Gasteiger charge is -2.26. The summed E-state index contributed by atoms with van der Waals surface area (Å²) in [6, 6.07) is 0. The maximum absolute atomic E-state index is 10.3. The van der Waals surface area contributed by atoms with Crippen LogP contribution in [0.15, 0.2) is 17.0 Å². The number of nitrogens with two attached hydrogens (primary N) is 2. The summed E-state index contributed by atoms with van der Waals surface area (Å²) in [5.74, 6) is -0.958. The summed E-state index contributed by atoms with van der Waals surface area (Å²) in [5, 5.41) is 9.31. The molecular weight excluding hydrogens is 216 g/mol. The number of aliphatic hydroxyl groups is 1. The molecule has 1 atom stereocenters. The molecule has 6 N–H and O–H groups in total. The van der Waals surface area contributed by atoms with Gasteiger partial charge in [-0.25, -0.2) is 0 Å². The lowest BCUT2D eigenvalue weighted by atomic mass is 10.4. The Morgan fingerprint density at radius 2 is 2.21 bits per heavy atom. The number of hydrogen-bond donors (Lipinski definition) is 4. The smallest absolute Gasteiger partial charge is 0.418 e. The molecule has 9 nitrogen and oxygen atoms in total. The van der Waals surface area contributed by atoms with E-state index in [4.69, 9.17) is 21.1 Å². The molecule has 10 heteroatoms. The molecule has 0 unspecified atom stereocenters. The molecule has 1 rings (SSSR count). The Bertz CT molecular complexity index is 387. The van der Waals surface area contributed by atoms with Crippen LogP contribution in [-0.4, -0.2) is 35.3 Å². The molecule has 0 aromatic heterocycles. The second-order valence-corrected chi connectivity index (χ2v) is 3.32. The standard InChI is InChI=1S/C4H8N4O5S/c5-2-1-3(9)7-4(6)8(2)13-14(10,11)12/h1-2,9H,5H2,(H2,6,7)(H,10,11,12)/t2-/m0/s1. The number of hydrogen-bond acceptors (Lipinski definition) is 8. The molecule has 0 saturated carbocycles. The van der Waals surface area contributed by atoms with Gasteiger partial charge in [0.2, 0.25) is 11.8 Å². The largest absolute Gasteiger partial charge is 0.493 e. The van der Waals surface area contributed by atoms with E-state index in [9.17, 15) is 8.42 Å². The first-order valence-electron chi connectivity index (χ1n) is 3.26. The van der Waals surface area contributed by atoms with E-state index in [1.165, 1.54) is 0 Å². The normalized spacial score (nSPS) is 23.0. The van der Waals surface area contributed by atoms with Crippen molar-refractivity contribution in [3.05, 3.63) is 12.0 Å². The van der Waals surface area contributed by atoms with Crippen molar-refractivity contribution in [2.45, 2.75) is 6.17 Å². The number of nitrogens with zero attached hydrogens (tertiary/aromatic N) is 2. The molecule has 0 aromatic carbocycles. The molecule has 0 spiro atoms. The highest BCUT2D eigenvalue weighted by atomic mass is 32.3. The van der Waals surface area contributed by atoms with E-state index in [1.54, 1.807) is 0 Å². The lowest BCUT2D eigenvalue weighted by molar-refractivity contribution is -0.0138. The van der Waals surface area contributed by atoms with Crippen LogP contribution < -0.4 is 11.5 Å². The fourth-order valence-corrected chi connectivity index (χ4v) is 1.15. The van der Waals surface area contributed by atoms with Crippen LogP contribution >= 0.6 is 0 Å². The highest BCUT2D eigenvalue weighted by Gasteiger charge is 2.26. The van der Waals surface area contributed by atoms with Gasteiger partial charge < -0.3 is 16.6 Å². The molecule has 1 heterocycles. The SMILES string of the molecule is NC1=NC(O)=C[C@@H](N)N1OS(=O)(=O)O. The highest BCUT2D eigenvalue weighted by molar-refractivity contribution is 7.80. The van der Waals surface area contributed by atoms with Crippen molar-refractivity contribution in [3.63, 3.8) is 0 Å². The second kappa shape index (κ2) is 3.42. The van der Waals surface area contributed by atoms with Gasteiger partial charge in [-0.15, -0.1) is 4.28 Å². The Kier molecular flexibility index (Phi) is 2.62. The van der Waals surface area contributed by atoms with E-state index in [0.717, 1.165) is 6.08 Å². The molecule has 1 aliphatic rings. The van der Waals surface area contributed by atoms with Crippen molar-refractivity contribution in [1.29, 1.82) is 0 Å². The lowest BCUT2D eigenvalue weighted by Crippen LogP contribution is -2.50. The quantitative estimate of drug-likeness (QED) is 0.394. The highest BCUT2D eigenvalue weighted by Crippen LogP contribution is 2.09. The zero-order chi connectivity index (χ0) is 10.9. The van der Waals surface area contributed by atoms with Gasteiger partial charge >= 0.3 is 10.4 Å². The summed E-state index contributed by atoms with van der Waals surface area (Å²) >= 11 is 0. The van der Waals surface area contributed by atoms with E-state index in [-0.39, 0.29) is 0 Å². The topological polar surface area (TPSA) is 151 Å². The van der Waals surface area contributed by atoms with Crippen molar-refractivity contribution in [1.82, 2.24) is 5.06 Å². The molecular formula is C4H8N4O5S. The van der Waals surface area contributed by atoms with Gasteiger partial charge in [-0.1, -0.05) is 0 Å². The average molecular weight is 224 g/mol. The first-order chi connectivity index (χ1) is 6.29. The second-order valence-electron chi connectivity index (χ2n) is 2.31. The Balaban J connectivity index is 2.88. The summed E-state index contributed by atoms with van der Waals surface area (Å²) < 4.78 is 32.9. The predicted molar refractivity (Wildman–Crippen MR) is 44.8 cm³/mol. The van der Waals surface area contributed by atoms with E-state index < -0.39 is 28.4 Å². The van der Waals surface area contributed by atoms with Crippen molar-refractivity contribution in [2.75, 3.05) is 0 Å². The van der Waals surface area contributed by atoms with Gasteiger partial charge in [0.15, 0.2) is 0 Å². The summed E-state index contributed by atoms with van der Waals surface area (Å²) in [6.07, 6.45) is -0.184. The number of aliphatic hydroxyl groups excluding tert-OH is 1. The van der Waals surface area contributed by atoms with E-state index in [0.29, 0.717) is 5.06 Å². The maximum atomic E-state index is 10.3. The van der Waals surface area contributed by atoms with E-state index in [2.05, 4.69) is 9.28 Å². The molecule has 14 heavy (non-hydrogen) atoms. The number of aliphatic imine (C=N–C) groups is 1. The monoisotopic (exact) mass is 224 g/mol. The molecule has 0 saturated heterocycles. The molecule has 1 aliphatic heterocycles. The van der Waals surface area contributed by atoms with Crippen LogP contribution in [-0.2, 0) is 14.7 Å². The first-order valence-corrected chi connectivity index (χ1v) is 4.63. The Morgan fingerprint density at radius 3 is 2.64 bits per heavy atom. The van der Waals surface area contributed by atoms with Crippen molar-refractivity contribution in [3.8, 4) is 0 Å². The van der Waals surface area contributed by atoms with Gasteiger partial charge in [0.05, 0.1) is 0 Å². The Labute approximate surface area is 79.2 Å². The summed E-state index contributed by atoms with van der Waals surface area (Å²) in [7, 11) is -4.73. The molecule has 0 aromatic rings. The first kappa shape index (κ1) is 10.7. The van der Waals surface area contributed by atoms with Crippen LogP contribution in [0.2, 0.25) is 0 Å².